The molecule has 9 heteroatoms. The molecule has 0 radical (unpaired) electrons. The Morgan fingerprint density at radius 2 is 1.69 bits per heavy atom. The van der Waals surface area contributed by atoms with Crippen LogP contribution in [0.3, 0.4) is 0 Å². The number of sulfonamides is 1. The molecule has 0 aliphatic carbocycles. The largest absolute Gasteiger partial charge is 0.298 e. The van der Waals surface area contributed by atoms with E-state index in [0.717, 1.165) is 22.3 Å². The molecule has 0 bridgehead atoms. The van der Waals surface area contributed by atoms with Crippen LogP contribution in [-0.2, 0) is 10.0 Å². The second-order valence-electron chi connectivity index (χ2n) is 7.49. The fraction of sp³-hybridized carbons (Fsp3) is 0.130. The number of amides is 1. The Morgan fingerprint density at radius 1 is 1.00 bits per heavy atom. The number of fused-ring (bicyclic) bond motifs is 1. The van der Waals surface area contributed by atoms with E-state index >= 15 is 0 Å². The lowest BCUT2D eigenvalue weighted by Crippen LogP contribution is -2.14. The van der Waals surface area contributed by atoms with Gasteiger partial charge in [0.25, 0.3) is 15.9 Å². The van der Waals surface area contributed by atoms with Gasteiger partial charge in [0.15, 0.2) is 5.13 Å². The number of thiazole rings is 1. The van der Waals surface area contributed by atoms with Crippen LogP contribution in [0.2, 0.25) is 0 Å². The third-order valence-corrected chi connectivity index (χ3v) is 7.15. The number of hydrogen-bond donors (Lipinski definition) is 2. The van der Waals surface area contributed by atoms with Gasteiger partial charge < -0.3 is 0 Å². The molecule has 4 aromatic rings. The number of halogens is 1. The lowest BCUT2D eigenvalue weighted by atomic mass is 10.0. The van der Waals surface area contributed by atoms with Crippen LogP contribution in [0.4, 0.5) is 15.2 Å². The number of benzene rings is 3. The van der Waals surface area contributed by atoms with Gasteiger partial charge in [-0.1, -0.05) is 31.3 Å². The molecule has 0 unspecified atom stereocenters. The van der Waals surface area contributed by atoms with Crippen LogP contribution in [-0.4, -0.2) is 19.3 Å². The second-order valence-corrected chi connectivity index (χ2v) is 10.2. The summed E-state index contributed by atoms with van der Waals surface area (Å²) in [5.41, 5.74) is 2.67. The molecule has 164 valence electrons. The Labute approximate surface area is 189 Å². The number of aromatic nitrogens is 1. The minimum Gasteiger partial charge on any atom is -0.298 e. The molecule has 0 fully saturated rings. The predicted octanol–water partition coefficient (Wildman–Crippen LogP) is 5.61. The van der Waals surface area contributed by atoms with Crippen LogP contribution in [0.1, 0.15) is 35.7 Å². The molecule has 1 aromatic heterocycles. The van der Waals surface area contributed by atoms with Crippen molar-refractivity contribution in [2.75, 3.05) is 10.0 Å². The first-order valence-electron chi connectivity index (χ1n) is 9.81. The fourth-order valence-electron chi connectivity index (χ4n) is 3.04. The maximum Gasteiger partial charge on any atom is 0.261 e. The molecular formula is C23H20FN3O3S2. The van der Waals surface area contributed by atoms with E-state index in [1.807, 2.05) is 12.1 Å². The summed E-state index contributed by atoms with van der Waals surface area (Å²) in [6, 6.07) is 16.6. The summed E-state index contributed by atoms with van der Waals surface area (Å²) in [7, 11) is -3.86. The van der Waals surface area contributed by atoms with Crippen LogP contribution in [0.5, 0.6) is 0 Å². The zero-order chi connectivity index (χ0) is 22.9. The zero-order valence-electron chi connectivity index (χ0n) is 17.3. The molecule has 4 rings (SSSR count). The maximum absolute atomic E-state index is 13.0. The summed E-state index contributed by atoms with van der Waals surface area (Å²) in [6.07, 6.45) is 0. The molecule has 1 amide bonds. The smallest absolute Gasteiger partial charge is 0.261 e. The average molecular weight is 470 g/mol. The summed E-state index contributed by atoms with van der Waals surface area (Å²) in [6.45, 7) is 4.24. The Morgan fingerprint density at radius 3 is 2.34 bits per heavy atom. The van der Waals surface area contributed by atoms with Gasteiger partial charge >= 0.3 is 0 Å². The van der Waals surface area contributed by atoms with Crippen LogP contribution >= 0.6 is 11.3 Å². The topological polar surface area (TPSA) is 88.2 Å². The lowest BCUT2D eigenvalue weighted by molar-refractivity contribution is 0.102. The monoisotopic (exact) mass is 469 g/mol. The molecule has 0 spiro atoms. The number of rotatable bonds is 6. The Balaban J connectivity index is 1.46. The number of carbonyl (C=O) groups excluding carboxylic acids is 1. The van der Waals surface area contributed by atoms with Crippen molar-refractivity contribution in [3.8, 4) is 0 Å². The van der Waals surface area contributed by atoms with Crippen molar-refractivity contribution in [1.29, 1.82) is 0 Å². The fourth-order valence-corrected chi connectivity index (χ4v) is 5.01. The quantitative estimate of drug-likeness (QED) is 0.384. The molecule has 3 aromatic carbocycles. The molecule has 1 heterocycles. The standard InChI is InChI=1S/C23H20FN3O3S2/c1-14(2)16-5-12-20-21(13-16)31-23(25-20)26-22(28)15-3-8-18(9-4-15)27-32(29,30)19-10-6-17(24)7-11-19/h3-14,27H,1-2H3,(H,25,26,28). The third kappa shape index (κ3) is 4.79. The van der Waals surface area contributed by atoms with Gasteiger partial charge in [-0.3, -0.25) is 14.8 Å². The van der Waals surface area contributed by atoms with E-state index in [1.165, 1.54) is 53.3 Å². The van der Waals surface area contributed by atoms with E-state index in [2.05, 4.69) is 34.9 Å². The van der Waals surface area contributed by atoms with Crippen molar-refractivity contribution in [2.24, 2.45) is 0 Å². The number of nitrogens with one attached hydrogen (secondary N) is 2. The van der Waals surface area contributed by atoms with Gasteiger partial charge in [-0.05, 0) is 72.1 Å². The third-order valence-electron chi connectivity index (χ3n) is 4.82. The predicted molar refractivity (Wildman–Crippen MR) is 125 cm³/mol. The van der Waals surface area contributed by atoms with E-state index in [4.69, 9.17) is 0 Å². The first-order valence-corrected chi connectivity index (χ1v) is 12.1. The maximum atomic E-state index is 13.0. The highest BCUT2D eigenvalue weighted by Gasteiger charge is 2.15. The minimum absolute atomic E-state index is 0.0582. The first kappa shape index (κ1) is 21.9. The highest BCUT2D eigenvalue weighted by Crippen LogP contribution is 2.29. The average Bonchev–Trinajstić information content (AvgIpc) is 3.15. The van der Waals surface area contributed by atoms with Gasteiger partial charge in [0.05, 0.1) is 15.1 Å². The van der Waals surface area contributed by atoms with E-state index in [0.29, 0.717) is 16.6 Å². The van der Waals surface area contributed by atoms with Crippen molar-refractivity contribution < 1.29 is 17.6 Å². The van der Waals surface area contributed by atoms with E-state index in [1.54, 1.807) is 0 Å². The second kappa shape index (κ2) is 8.68. The van der Waals surface area contributed by atoms with Gasteiger partial charge in [-0.2, -0.15) is 0 Å². The Kier molecular flexibility index (Phi) is 5.94. The molecular weight excluding hydrogens is 449 g/mol. The first-order chi connectivity index (χ1) is 15.2. The van der Waals surface area contributed by atoms with Crippen molar-refractivity contribution >= 4 is 48.3 Å². The summed E-state index contributed by atoms with van der Waals surface area (Å²) >= 11 is 1.40. The van der Waals surface area contributed by atoms with Crippen molar-refractivity contribution in [3.05, 3.63) is 83.7 Å². The highest BCUT2D eigenvalue weighted by molar-refractivity contribution is 7.92. The number of nitrogens with zero attached hydrogens (tertiary/aromatic N) is 1. The van der Waals surface area contributed by atoms with Gasteiger partial charge in [-0.15, -0.1) is 0 Å². The SMILES string of the molecule is CC(C)c1ccc2nc(NC(=O)c3ccc(NS(=O)(=O)c4ccc(F)cc4)cc3)sc2c1. The summed E-state index contributed by atoms with van der Waals surface area (Å²) in [4.78, 5) is 17.0. The van der Waals surface area contributed by atoms with Gasteiger partial charge in [0, 0.05) is 11.3 Å². The molecule has 0 aliphatic heterocycles. The minimum atomic E-state index is -3.86. The molecule has 0 saturated carbocycles. The lowest BCUT2D eigenvalue weighted by Gasteiger charge is -2.09. The number of anilines is 2. The molecule has 6 nitrogen and oxygen atoms in total. The van der Waals surface area contributed by atoms with Gasteiger partial charge in [0.2, 0.25) is 0 Å². The van der Waals surface area contributed by atoms with Crippen LogP contribution < -0.4 is 10.0 Å². The molecule has 2 N–H and O–H groups in total. The van der Waals surface area contributed by atoms with Crippen molar-refractivity contribution in [1.82, 2.24) is 4.98 Å². The zero-order valence-corrected chi connectivity index (χ0v) is 18.9. The van der Waals surface area contributed by atoms with Gasteiger partial charge in [0.1, 0.15) is 5.82 Å². The summed E-state index contributed by atoms with van der Waals surface area (Å²) in [5.74, 6) is -0.465. The normalized spacial score (nSPS) is 11.6. The van der Waals surface area contributed by atoms with Gasteiger partial charge in [-0.25, -0.2) is 17.8 Å². The Bertz CT molecular complexity index is 1380. The molecule has 0 atom stereocenters. The van der Waals surface area contributed by atoms with Crippen LogP contribution in [0, 0.1) is 5.82 Å². The number of hydrogen-bond acceptors (Lipinski definition) is 5. The van der Waals surface area contributed by atoms with Crippen molar-refractivity contribution in [3.63, 3.8) is 0 Å². The van der Waals surface area contributed by atoms with Crippen LogP contribution in [0.25, 0.3) is 10.2 Å². The highest BCUT2D eigenvalue weighted by atomic mass is 32.2. The number of carbonyl (C=O) groups is 1. The molecule has 0 saturated heterocycles. The van der Waals surface area contributed by atoms with E-state index in [9.17, 15) is 17.6 Å². The summed E-state index contributed by atoms with van der Waals surface area (Å²) < 4.78 is 41.2. The summed E-state index contributed by atoms with van der Waals surface area (Å²) in [5, 5.41) is 3.28. The molecule has 0 aliphatic rings. The van der Waals surface area contributed by atoms with Crippen molar-refractivity contribution in [2.45, 2.75) is 24.7 Å². The Hall–Kier alpha value is -3.30. The van der Waals surface area contributed by atoms with Crippen LogP contribution in [0.15, 0.2) is 71.6 Å². The van der Waals surface area contributed by atoms with E-state index in [-0.39, 0.29) is 16.5 Å². The molecule has 32 heavy (non-hydrogen) atoms. The van der Waals surface area contributed by atoms with E-state index < -0.39 is 15.8 Å².